The zero-order valence-corrected chi connectivity index (χ0v) is 23.6. The highest BCUT2D eigenvalue weighted by atomic mass is 32.2. The zero-order chi connectivity index (χ0) is 30.7. The third kappa shape index (κ3) is 7.38. The molecule has 1 heterocycles. The molecule has 0 radical (unpaired) electrons. The van der Waals surface area contributed by atoms with Gasteiger partial charge in [0.05, 0.1) is 15.8 Å². The van der Waals surface area contributed by atoms with Crippen LogP contribution in [0.15, 0.2) is 106 Å². The minimum absolute atomic E-state index is 0.166. The first-order valence-corrected chi connectivity index (χ1v) is 15.5. The number of nitrogens with zero attached hydrogens (tertiary/aromatic N) is 1. The molecular weight excluding hydrogens is 584 g/mol. The number of carboxylic acids is 1. The predicted octanol–water partition coefficient (Wildman–Crippen LogP) is 1.43. The van der Waals surface area contributed by atoms with Gasteiger partial charge in [0.15, 0.2) is 5.78 Å². The van der Waals surface area contributed by atoms with Gasteiger partial charge < -0.3 is 29.6 Å². The molecule has 0 bridgehead atoms. The van der Waals surface area contributed by atoms with E-state index in [2.05, 4.69) is 0 Å². The van der Waals surface area contributed by atoms with E-state index in [9.17, 15) is 40.6 Å². The van der Waals surface area contributed by atoms with Gasteiger partial charge in [-0.2, -0.15) is 0 Å². The molecule has 0 amide bonds. The standard InChI is InChI=1S/C29H28N2O9S2/c30-26(29(33)34)3-1-2-16-31-27(20-6-12-24(13-7-20)41(35,36)37)17-22(19-4-10-23(32)11-5-19)18-28(31)21-8-14-25(15-9-21)42(38,39)40/h4-15,17-18,26H,1-3,16,30H2,(H,33,34)(H,35,36,37)(H,38,39,40)/p-3. The Morgan fingerprint density at radius 2 is 1.19 bits per heavy atom. The van der Waals surface area contributed by atoms with Gasteiger partial charge in [-0.05, 0) is 90.1 Å². The van der Waals surface area contributed by atoms with Gasteiger partial charge in [-0.25, -0.2) is 16.8 Å². The minimum Gasteiger partial charge on any atom is -0.744 e. The van der Waals surface area contributed by atoms with Gasteiger partial charge in [0.2, 0.25) is 0 Å². The number of nitrogens with two attached hydrogens (primary N) is 1. The fraction of sp³-hybridized carbons (Fsp3) is 0.172. The lowest BCUT2D eigenvalue weighted by Crippen LogP contribution is -2.41. The number of rotatable bonds is 10. The van der Waals surface area contributed by atoms with Crippen molar-refractivity contribution >= 4 is 43.4 Å². The molecule has 1 atom stereocenters. The molecule has 0 aromatic heterocycles. The van der Waals surface area contributed by atoms with Gasteiger partial charge in [0.25, 0.3) is 0 Å². The number of allylic oxidation sites excluding steroid dienone is 8. The van der Waals surface area contributed by atoms with Crippen LogP contribution in [0.4, 0.5) is 0 Å². The van der Waals surface area contributed by atoms with E-state index < -0.39 is 42.0 Å². The number of aliphatic carboxylic acids is 1. The summed E-state index contributed by atoms with van der Waals surface area (Å²) in [6, 6.07) is 9.52. The van der Waals surface area contributed by atoms with Gasteiger partial charge in [-0.3, -0.25) is 4.79 Å². The second-order valence-electron chi connectivity index (χ2n) is 9.57. The first-order chi connectivity index (χ1) is 19.7. The van der Waals surface area contributed by atoms with E-state index in [4.69, 9.17) is 5.73 Å². The van der Waals surface area contributed by atoms with Crippen molar-refractivity contribution in [2.24, 2.45) is 5.73 Å². The Hall–Kier alpha value is -4.14. The topological polar surface area (TPSA) is 201 Å². The molecular formula is C29H25N2O9S2-3. The molecule has 1 unspecified atom stereocenters. The van der Waals surface area contributed by atoms with Crippen molar-refractivity contribution in [3.05, 3.63) is 107 Å². The molecule has 2 aromatic carbocycles. The van der Waals surface area contributed by atoms with E-state index in [0.29, 0.717) is 53.1 Å². The van der Waals surface area contributed by atoms with Crippen molar-refractivity contribution in [2.45, 2.75) is 35.1 Å². The Labute approximate surface area is 243 Å². The number of benzene rings is 2. The summed E-state index contributed by atoms with van der Waals surface area (Å²) in [5, 5.41) is 11.0. The largest absolute Gasteiger partial charge is 0.744 e. The molecule has 0 spiro atoms. The second kappa shape index (κ2) is 12.4. The maximum atomic E-state index is 11.7. The molecule has 0 fully saturated rings. The van der Waals surface area contributed by atoms with Crippen molar-refractivity contribution < 1.29 is 40.6 Å². The van der Waals surface area contributed by atoms with Gasteiger partial charge in [0, 0.05) is 24.0 Å². The van der Waals surface area contributed by atoms with Crippen LogP contribution < -0.4 is 10.8 Å². The van der Waals surface area contributed by atoms with Gasteiger partial charge in [-0.1, -0.05) is 36.4 Å². The lowest BCUT2D eigenvalue weighted by Gasteiger charge is -2.34. The second-order valence-corrected chi connectivity index (χ2v) is 12.3. The summed E-state index contributed by atoms with van der Waals surface area (Å²) in [6.07, 6.45) is 10.8. The molecule has 220 valence electrons. The van der Waals surface area contributed by atoms with E-state index in [1.807, 2.05) is 17.1 Å². The highest BCUT2D eigenvalue weighted by Crippen LogP contribution is 2.38. The summed E-state index contributed by atoms with van der Waals surface area (Å²) < 4.78 is 69.1. The van der Waals surface area contributed by atoms with Crippen LogP contribution in [0.25, 0.3) is 11.4 Å². The van der Waals surface area contributed by atoms with Gasteiger partial charge in [0.1, 0.15) is 20.2 Å². The molecule has 1 aliphatic heterocycles. The molecule has 2 N–H and O–H groups in total. The lowest BCUT2D eigenvalue weighted by molar-refractivity contribution is -0.307. The molecule has 2 aliphatic rings. The lowest BCUT2D eigenvalue weighted by atomic mass is 9.93. The monoisotopic (exact) mass is 609 g/mol. The molecule has 13 heteroatoms. The van der Waals surface area contributed by atoms with Crippen LogP contribution in [0.3, 0.4) is 0 Å². The Morgan fingerprint density at radius 3 is 1.60 bits per heavy atom. The van der Waals surface area contributed by atoms with Gasteiger partial charge >= 0.3 is 0 Å². The van der Waals surface area contributed by atoms with Crippen molar-refractivity contribution in [1.29, 1.82) is 0 Å². The average Bonchev–Trinajstić information content (AvgIpc) is 2.94. The van der Waals surface area contributed by atoms with E-state index in [1.54, 1.807) is 12.2 Å². The smallest absolute Gasteiger partial charge is 0.178 e. The van der Waals surface area contributed by atoms with E-state index in [1.165, 1.54) is 60.7 Å². The maximum Gasteiger partial charge on any atom is 0.178 e. The number of carbonyl (C=O) groups is 2. The summed E-state index contributed by atoms with van der Waals surface area (Å²) in [5.41, 5.74) is 9.17. The molecule has 0 saturated carbocycles. The van der Waals surface area contributed by atoms with Crippen LogP contribution >= 0.6 is 0 Å². The summed E-state index contributed by atoms with van der Waals surface area (Å²) in [5.74, 6) is -1.55. The van der Waals surface area contributed by atoms with E-state index in [0.717, 1.165) is 0 Å². The zero-order valence-electron chi connectivity index (χ0n) is 22.0. The number of hydrogen-bond donors (Lipinski definition) is 1. The van der Waals surface area contributed by atoms with E-state index >= 15 is 0 Å². The van der Waals surface area contributed by atoms with Gasteiger partial charge in [-0.15, -0.1) is 0 Å². The van der Waals surface area contributed by atoms with Crippen molar-refractivity contribution in [3.8, 4) is 0 Å². The summed E-state index contributed by atoms with van der Waals surface area (Å²) in [6.45, 7) is 0.327. The first kappa shape index (κ1) is 30.8. The summed E-state index contributed by atoms with van der Waals surface area (Å²) >= 11 is 0. The SMILES string of the molecule is NC(CCCCN1C(c2ccc(S(=O)(=O)[O-])cc2)=CC(=C2C=CC(=O)C=C2)C=C1c1ccc(S(=O)(=O)[O-])cc1)C(=O)[O-]. The highest BCUT2D eigenvalue weighted by Gasteiger charge is 2.24. The molecule has 11 nitrogen and oxygen atoms in total. The van der Waals surface area contributed by atoms with Crippen LogP contribution in [0.2, 0.25) is 0 Å². The number of carboxylic acid groups (broad SMARTS) is 1. The normalized spacial score (nSPS) is 16.4. The van der Waals surface area contributed by atoms with E-state index in [-0.39, 0.29) is 12.2 Å². The third-order valence-corrected chi connectivity index (χ3v) is 8.38. The molecule has 4 rings (SSSR count). The van der Waals surface area contributed by atoms with Crippen LogP contribution in [0.5, 0.6) is 0 Å². The third-order valence-electron chi connectivity index (χ3n) is 6.68. The minimum atomic E-state index is -4.69. The fourth-order valence-electron chi connectivity index (χ4n) is 4.49. The van der Waals surface area contributed by atoms with Crippen LogP contribution in [-0.4, -0.2) is 55.2 Å². The van der Waals surface area contributed by atoms with Crippen molar-refractivity contribution in [3.63, 3.8) is 0 Å². The highest BCUT2D eigenvalue weighted by molar-refractivity contribution is 7.86. The Bertz CT molecular complexity index is 1650. The number of hydrogen-bond acceptors (Lipinski definition) is 11. The Balaban J connectivity index is 1.83. The van der Waals surface area contributed by atoms with Crippen molar-refractivity contribution in [1.82, 2.24) is 4.90 Å². The summed E-state index contributed by atoms with van der Waals surface area (Å²) in [7, 11) is -9.39. The number of unbranched alkanes of at least 4 members (excludes halogenated alkanes) is 1. The quantitative estimate of drug-likeness (QED) is 0.302. The molecule has 0 saturated heterocycles. The first-order valence-electron chi connectivity index (χ1n) is 12.7. The fourth-order valence-corrected chi connectivity index (χ4v) is 5.43. The Morgan fingerprint density at radius 1 is 0.738 bits per heavy atom. The Kier molecular flexibility index (Phi) is 9.09. The summed E-state index contributed by atoms with van der Waals surface area (Å²) in [4.78, 5) is 23.8. The van der Waals surface area contributed by atoms with Crippen LogP contribution in [0, 0.1) is 0 Å². The maximum absolute atomic E-state index is 11.7. The van der Waals surface area contributed by atoms with Crippen molar-refractivity contribution in [2.75, 3.05) is 6.54 Å². The molecule has 1 aliphatic carbocycles. The predicted molar refractivity (Wildman–Crippen MR) is 149 cm³/mol. The molecule has 2 aromatic rings. The number of ketones is 1. The molecule has 42 heavy (non-hydrogen) atoms. The average molecular weight is 610 g/mol. The number of carbonyl (C=O) groups excluding carboxylic acids is 2. The van der Waals surface area contributed by atoms with Crippen LogP contribution in [0.1, 0.15) is 30.4 Å². The van der Waals surface area contributed by atoms with Crippen LogP contribution in [-0.2, 0) is 29.8 Å².